The maximum Gasteiger partial charge on any atom is 0.0541 e. The number of thiol groups is 1. The molecular formula is C7H15NOS. The van der Waals surface area contributed by atoms with Gasteiger partial charge in [0.1, 0.15) is 0 Å². The quantitative estimate of drug-likeness (QED) is 0.559. The summed E-state index contributed by atoms with van der Waals surface area (Å²) in [4.78, 5) is 0. The number of aliphatic hydroxyl groups is 1. The maximum atomic E-state index is 9.22. The molecule has 1 atom stereocenters. The van der Waals surface area contributed by atoms with E-state index in [1.807, 2.05) is 11.2 Å². The van der Waals surface area contributed by atoms with Crippen molar-refractivity contribution in [1.29, 1.82) is 0 Å². The van der Waals surface area contributed by atoms with Crippen molar-refractivity contribution in [2.24, 2.45) is 5.92 Å². The van der Waals surface area contributed by atoms with E-state index in [1.54, 1.807) is 0 Å². The first-order chi connectivity index (χ1) is 4.70. The first kappa shape index (κ1) is 8.37. The second-order valence-corrected chi connectivity index (χ2v) is 3.60. The fraction of sp³-hybridized carbons (Fsp3) is 1.00. The van der Waals surface area contributed by atoms with Crippen molar-refractivity contribution < 1.29 is 5.11 Å². The van der Waals surface area contributed by atoms with Crippen molar-refractivity contribution in [3.05, 3.63) is 0 Å². The van der Waals surface area contributed by atoms with Crippen LogP contribution >= 0.6 is 12.8 Å². The minimum absolute atomic E-state index is 0.137. The van der Waals surface area contributed by atoms with Crippen LogP contribution in [-0.4, -0.2) is 28.6 Å². The lowest BCUT2D eigenvalue weighted by Crippen LogP contribution is -2.31. The van der Waals surface area contributed by atoms with E-state index in [4.69, 9.17) is 0 Å². The molecule has 0 aromatic rings. The van der Waals surface area contributed by atoms with Gasteiger partial charge in [-0.3, -0.25) is 4.31 Å². The summed E-state index contributed by atoms with van der Waals surface area (Å²) in [5, 5.41) is 9.22. The molecule has 0 spiro atoms. The average Bonchev–Trinajstić information content (AvgIpc) is 1.88. The van der Waals surface area contributed by atoms with Crippen LogP contribution in [0.25, 0.3) is 0 Å². The Kier molecular flexibility index (Phi) is 3.01. The molecule has 0 radical (unpaired) electrons. The van der Waals surface area contributed by atoms with Gasteiger partial charge >= 0.3 is 0 Å². The third kappa shape index (κ3) is 2.15. The van der Waals surface area contributed by atoms with Crippen molar-refractivity contribution in [3.8, 4) is 0 Å². The SMILES string of the molecule is C[C@@H](O)C1CCN(S)CC1. The van der Waals surface area contributed by atoms with Crippen molar-refractivity contribution in [1.82, 2.24) is 4.31 Å². The lowest BCUT2D eigenvalue weighted by molar-refractivity contribution is 0.0936. The van der Waals surface area contributed by atoms with E-state index in [0.717, 1.165) is 25.9 Å². The zero-order valence-electron chi connectivity index (χ0n) is 6.32. The highest BCUT2D eigenvalue weighted by Crippen LogP contribution is 2.20. The molecule has 2 nitrogen and oxygen atoms in total. The van der Waals surface area contributed by atoms with E-state index in [1.165, 1.54) is 0 Å². The van der Waals surface area contributed by atoms with Crippen molar-refractivity contribution in [2.75, 3.05) is 13.1 Å². The summed E-state index contributed by atoms with van der Waals surface area (Å²) in [5.74, 6) is 0.503. The molecule has 1 aliphatic rings. The van der Waals surface area contributed by atoms with Crippen LogP contribution < -0.4 is 0 Å². The Labute approximate surface area is 67.8 Å². The maximum absolute atomic E-state index is 9.22. The molecule has 3 heteroatoms. The highest BCUT2D eigenvalue weighted by molar-refractivity contribution is 7.77. The third-order valence-electron chi connectivity index (χ3n) is 2.20. The van der Waals surface area contributed by atoms with Gasteiger partial charge in [0.2, 0.25) is 0 Å². The Morgan fingerprint density at radius 1 is 1.50 bits per heavy atom. The van der Waals surface area contributed by atoms with Gasteiger partial charge in [-0.15, -0.1) is 0 Å². The normalized spacial score (nSPS) is 26.7. The van der Waals surface area contributed by atoms with Crippen LogP contribution in [0.3, 0.4) is 0 Å². The monoisotopic (exact) mass is 161 g/mol. The molecule has 60 valence electrons. The Morgan fingerprint density at radius 3 is 2.40 bits per heavy atom. The first-order valence-corrected chi connectivity index (χ1v) is 4.22. The molecular weight excluding hydrogens is 146 g/mol. The van der Waals surface area contributed by atoms with E-state index >= 15 is 0 Å². The molecule has 0 unspecified atom stereocenters. The molecule has 1 saturated heterocycles. The number of rotatable bonds is 1. The highest BCUT2D eigenvalue weighted by Gasteiger charge is 2.20. The van der Waals surface area contributed by atoms with Crippen molar-refractivity contribution in [3.63, 3.8) is 0 Å². The first-order valence-electron chi connectivity index (χ1n) is 3.82. The van der Waals surface area contributed by atoms with Gasteiger partial charge in [-0.1, -0.05) is 12.8 Å². The predicted molar refractivity (Wildman–Crippen MR) is 45.0 cm³/mol. The number of piperidine rings is 1. The molecule has 0 saturated carbocycles. The predicted octanol–water partition coefficient (Wildman–Crippen LogP) is 0.924. The van der Waals surface area contributed by atoms with E-state index in [2.05, 4.69) is 12.8 Å². The Bertz CT molecular complexity index is 99.8. The Balaban J connectivity index is 2.26. The lowest BCUT2D eigenvalue weighted by Gasteiger charge is -2.29. The smallest absolute Gasteiger partial charge is 0.0541 e. The summed E-state index contributed by atoms with van der Waals surface area (Å²) in [6, 6.07) is 0. The van der Waals surface area contributed by atoms with Gasteiger partial charge in [0, 0.05) is 13.1 Å². The molecule has 0 aromatic heterocycles. The molecule has 0 aromatic carbocycles. The summed E-state index contributed by atoms with van der Waals surface area (Å²) >= 11 is 4.22. The number of hydrogen-bond donors (Lipinski definition) is 2. The van der Waals surface area contributed by atoms with Gasteiger partial charge in [0.25, 0.3) is 0 Å². The van der Waals surface area contributed by atoms with Crippen molar-refractivity contribution >= 4 is 12.8 Å². The Hall–Kier alpha value is 0.270. The van der Waals surface area contributed by atoms with Gasteiger partial charge in [-0.25, -0.2) is 0 Å². The van der Waals surface area contributed by atoms with E-state index in [0.29, 0.717) is 5.92 Å². The van der Waals surface area contributed by atoms with Gasteiger partial charge in [0.15, 0.2) is 0 Å². The summed E-state index contributed by atoms with van der Waals surface area (Å²) in [6.07, 6.45) is 2.03. The van der Waals surface area contributed by atoms with Gasteiger partial charge < -0.3 is 5.11 Å². The van der Waals surface area contributed by atoms with Crippen LogP contribution in [0.1, 0.15) is 19.8 Å². The fourth-order valence-corrected chi connectivity index (χ4v) is 1.60. The van der Waals surface area contributed by atoms with Crippen LogP contribution in [0, 0.1) is 5.92 Å². The summed E-state index contributed by atoms with van der Waals surface area (Å²) < 4.78 is 2.01. The van der Waals surface area contributed by atoms with Crippen LogP contribution in [0.15, 0.2) is 0 Å². The summed E-state index contributed by atoms with van der Waals surface area (Å²) in [5.41, 5.74) is 0. The molecule has 1 aliphatic heterocycles. The highest BCUT2D eigenvalue weighted by atomic mass is 32.1. The van der Waals surface area contributed by atoms with Crippen LogP contribution in [0.5, 0.6) is 0 Å². The minimum Gasteiger partial charge on any atom is -0.393 e. The average molecular weight is 161 g/mol. The van der Waals surface area contributed by atoms with Crippen LogP contribution in [0.4, 0.5) is 0 Å². The van der Waals surface area contributed by atoms with Crippen LogP contribution in [0.2, 0.25) is 0 Å². The summed E-state index contributed by atoms with van der Waals surface area (Å²) in [7, 11) is 0. The third-order valence-corrected chi connectivity index (χ3v) is 2.60. The molecule has 0 amide bonds. The van der Waals surface area contributed by atoms with E-state index in [9.17, 15) is 5.11 Å². The number of nitrogens with zero attached hydrogens (tertiary/aromatic N) is 1. The second kappa shape index (κ2) is 3.60. The summed E-state index contributed by atoms with van der Waals surface area (Å²) in [6.45, 7) is 3.90. The largest absolute Gasteiger partial charge is 0.393 e. The molecule has 1 rings (SSSR count). The molecule has 0 bridgehead atoms. The minimum atomic E-state index is -0.137. The molecule has 0 aliphatic carbocycles. The zero-order chi connectivity index (χ0) is 7.56. The second-order valence-electron chi connectivity index (χ2n) is 3.03. The standard InChI is InChI=1S/C7H15NOS/c1-6(9)7-2-4-8(10)5-3-7/h6-7,9-10H,2-5H2,1H3/t6-/m1/s1. The van der Waals surface area contributed by atoms with Crippen molar-refractivity contribution in [2.45, 2.75) is 25.9 Å². The number of aliphatic hydroxyl groups excluding tert-OH is 1. The topological polar surface area (TPSA) is 23.5 Å². The number of hydrogen-bond acceptors (Lipinski definition) is 3. The molecule has 1 N–H and O–H groups in total. The van der Waals surface area contributed by atoms with Crippen LogP contribution in [-0.2, 0) is 0 Å². The molecule has 1 fully saturated rings. The van der Waals surface area contributed by atoms with Gasteiger partial charge in [-0.05, 0) is 25.7 Å². The van der Waals surface area contributed by atoms with Gasteiger partial charge in [-0.2, -0.15) is 0 Å². The van der Waals surface area contributed by atoms with Gasteiger partial charge in [0.05, 0.1) is 6.10 Å². The molecule has 1 heterocycles. The zero-order valence-corrected chi connectivity index (χ0v) is 7.22. The van der Waals surface area contributed by atoms with E-state index < -0.39 is 0 Å². The fourth-order valence-electron chi connectivity index (χ4n) is 1.37. The molecule has 10 heavy (non-hydrogen) atoms. The van der Waals surface area contributed by atoms with E-state index in [-0.39, 0.29) is 6.10 Å². The Morgan fingerprint density at radius 2 is 2.00 bits per heavy atom. The lowest BCUT2D eigenvalue weighted by atomic mass is 9.93.